The van der Waals surface area contributed by atoms with Crippen LogP contribution in [-0.4, -0.2) is 47.0 Å². The van der Waals surface area contributed by atoms with Crippen molar-refractivity contribution in [1.29, 1.82) is 0 Å². The van der Waals surface area contributed by atoms with E-state index in [2.05, 4.69) is 20.1 Å². The lowest BCUT2D eigenvalue weighted by Gasteiger charge is -2.33. The quantitative estimate of drug-likeness (QED) is 0.486. The van der Waals surface area contributed by atoms with Gasteiger partial charge in [-0.15, -0.1) is 0 Å². The zero-order valence-electron chi connectivity index (χ0n) is 17.6. The Hall–Kier alpha value is -3.67. The number of fused-ring (bicyclic) bond motifs is 2. The van der Waals surface area contributed by atoms with E-state index in [1.54, 1.807) is 22.8 Å². The molecule has 0 aliphatic carbocycles. The number of H-pyrrole nitrogens is 1. The highest BCUT2D eigenvalue weighted by molar-refractivity contribution is 5.93. The minimum atomic E-state index is -4.95. The summed E-state index contributed by atoms with van der Waals surface area (Å²) >= 11 is 0. The molecule has 1 unspecified atom stereocenters. The summed E-state index contributed by atoms with van der Waals surface area (Å²) in [5.74, 6) is -2.59. The molecule has 5 rings (SSSR count). The lowest BCUT2D eigenvalue weighted by Crippen LogP contribution is -2.41. The van der Waals surface area contributed by atoms with Crippen LogP contribution in [0.25, 0.3) is 5.52 Å². The second kappa shape index (κ2) is 7.17. The van der Waals surface area contributed by atoms with E-state index in [-0.39, 0.29) is 6.54 Å². The Morgan fingerprint density at radius 3 is 2.79 bits per heavy atom. The monoisotopic (exact) mass is 460 g/mol. The normalized spacial score (nSPS) is 16.9. The maximum Gasteiger partial charge on any atom is 0.437 e. The Balaban J connectivity index is 1.63. The van der Waals surface area contributed by atoms with Crippen molar-refractivity contribution in [2.75, 3.05) is 6.54 Å². The smallest absolute Gasteiger partial charge is 0.432 e. The second-order valence-electron chi connectivity index (χ2n) is 8.31. The lowest BCUT2D eigenvalue weighted by molar-refractivity contribution is -0.141. The van der Waals surface area contributed by atoms with Crippen LogP contribution in [0, 0.1) is 0 Å². The minimum absolute atomic E-state index is 0.0996. The molecule has 0 bridgehead atoms. The van der Waals surface area contributed by atoms with E-state index in [1.807, 2.05) is 12.1 Å². The number of nitrogens with one attached hydrogen (secondary N) is 1. The van der Waals surface area contributed by atoms with Gasteiger partial charge in [0, 0.05) is 24.9 Å². The standard InChI is InChI=1S/C21H19F3N6O3/c1-20(2,32)19-27-17(21(22,23)24)16(33-19)18(31)29-8-6-12-14(26-10-25-12)15(29)13-9-11-5-3-4-7-30(11)28-13/h3-5,7,9-10,15,32H,6,8H2,1-2H3,(H,25,26). The predicted molar refractivity (Wildman–Crippen MR) is 107 cm³/mol. The largest absolute Gasteiger partial charge is 0.437 e. The van der Waals surface area contributed by atoms with Crippen LogP contribution in [0.4, 0.5) is 13.2 Å². The summed E-state index contributed by atoms with van der Waals surface area (Å²) in [6.07, 6.45) is -1.39. The van der Waals surface area contributed by atoms with Crippen molar-refractivity contribution in [3.05, 3.63) is 71.2 Å². The lowest BCUT2D eigenvalue weighted by atomic mass is 9.99. The first-order valence-electron chi connectivity index (χ1n) is 10.1. The molecule has 0 saturated carbocycles. The summed E-state index contributed by atoms with van der Waals surface area (Å²) in [6, 6.07) is 6.35. The maximum absolute atomic E-state index is 13.7. The van der Waals surface area contributed by atoms with Crippen LogP contribution in [0.15, 0.2) is 41.2 Å². The van der Waals surface area contributed by atoms with E-state index in [0.717, 1.165) is 11.2 Å². The third-order valence-corrected chi connectivity index (χ3v) is 5.47. The SMILES string of the molecule is CC(C)(O)c1nc(C(F)(F)F)c(C(=O)N2CCc3[nH]cnc3C2c2cc3ccccn3n2)o1. The highest BCUT2D eigenvalue weighted by Gasteiger charge is 2.46. The summed E-state index contributed by atoms with van der Waals surface area (Å²) in [7, 11) is 0. The average Bonchev–Trinajstić information content (AvgIpc) is 3.48. The summed E-state index contributed by atoms with van der Waals surface area (Å²) in [5, 5.41) is 14.6. The van der Waals surface area contributed by atoms with Gasteiger partial charge in [-0.1, -0.05) is 6.07 Å². The number of alkyl halides is 3. The van der Waals surface area contributed by atoms with E-state index in [0.29, 0.717) is 17.8 Å². The first kappa shape index (κ1) is 21.2. The number of pyridine rings is 1. The summed E-state index contributed by atoms with van der Waals surface area (Å²) < 4.78 is 48.0. The number of hydrogen-bond acceptors (Lipinski definition) is 6. The molecule has 33 heavy (non-hydrogen) atoms. The molecular weight excluding hydrogens is 441 g/mol. The first-order chi connectivity index (χ1) is 15.5. The molecule has 9 nitrogen and oxygen atoms in total. The second-order valence-corrected chi connectivity index (χ2v) is 8.31. The highest BCUT2D eigenvalue weighted by Crippen LogP contribution is 2.38. The van der Waals surface area contributed by atoms with Crippen molar-refractivity contribution in [2.45, 2.75) is 38.1 Å². The third-order valence-electron chi connectivity index (χ3n) is 5.47. The molecule has 1 aliphatic rings. The van der Waals surface area contributed by atoms with Crippen LogP contribution in [-0.2, 0) is 18.2 Å². The molecule has 4 aromatic rings. The number of aromatic nitrogens is 5. The summed E-state index contributed by atoms with van der Waals surface area (Å²) in [4.78, 5) is 25.5. The number of amides is 1. The van der Waals surface area contributed by atoms with E-state index in [1.165, 1.54) is 25.1 Å². The van der Waals surface area contributed by atoms with Crippen molar-refractivity contribution >= 4 is 11.4 Å². The van der Waals surface area contributed by atoms with Gasteiger partial charge in [0.1, 0.15) is 11.6 Å². The number of imidazole rings is 1. The molecule has 4 aromatic heterocycles. The van der Waals surface area contributed by atoms with Gasteiger partial charge in [-0.3, -0.25) is 4.79 Å². The number of aromatic amines is 1. The zero-order chi connectivity index (χ0) is 23.5. The van der Waals surface area contributed by atoms with Crippen molar-refractivity contribution in [3.8, 4) is 0 Å². The van der Waals surface area contributed by atoms with E-state index in [9.17, 15) is 23.1 Å². The Morgan fingerprint density at radius 2 is 2.09 bits per heavy atom. The van der Waals surface area contributed by atoms with Crippen LogP contribution in [0.3, 0.4) is 0 Å². The molecule has 0 spiro atoms. The highest BCUT2D eigenvalue weighted by atomic mass is 19.4. The minimum Gasteiger partial charge on any atom is -0.432 e. The maximum atomic E-state index is 13.7. The molecule has 12 heteroatoms. The first-order valence-corrected chi connectivity index (χ1v) is 10.1. The van der Waals surface area contributed by atoms with Gasteiger partial charge in [0.05, 0.1) is 23.2 Å². The van der Waals surface area contributed by atoms with Gasteiger partial charge >= 0.3 is 6.18 Å². The molecule has 1 amide bonds. The molecule has 5 heterocycles. The van der Waals surface area contributed by atoms with E-state index in [4.69, 9.17) is 4.42 Å². The Bertz CT molecular complexity index is 1310. The molecule has 0 saturated heterocycles. The molecule has 1 atom stereocenters. The third kappa shape index (κ3) is 3.55. The van der Waals surface area contributed by atoms with E-state index >= 15 is 0 Å². The van der Waals surface area contributed by atoms with E-state index < -0.39 is 41.1 Å². The fourth-order valence-electron chi connectivity index (χ4n) is 3.94. The number of halogens is 3. The number of carbonyl (C=O) groups excluding carboxylic acids is 1. The molecule has 0 aromatic carbocycles. The number of carbonyl (C=O) groups is 1. The number of oxazole rings is 1. The Morgan fingerprint density at radius 1 is 1.30 bits per heavy atom. The number of hydrogen-bond donors (Lipinski definition) is 2. The molecule has 0 fully saturated rings. The van der Waals surface area contributed by atoms with Gasteiger partial charge in [-0.25, -0.2) is 14.5 Å². The van der Waals surface area contributed by atoms with Gasteiger partial charge in [0.15, 0.2) is 5.69 Å². The van der Waals surface area contributed by atoms with Crippen molar-refractivity contribution < 1.29 is 27.5 Å². The molecule has 172 valence electrons. The van der Waals surface area contributed by atoms with Gasteiger partial charge in [-0.05, 0) is 32.0 Å². The summed E-state index contributed by atoms with van der Waals surface area (Å²) in [5.41, 5.74) is -0.829. The number of aliphatic hydroxyl groups is 1. The molecule has 2 N–H and O–H groups in total. The number of rotatable bonds is 3. The van der Waals surface area contributed by atoms with Gasteiger partial charge in [-0.2, -0.15) is 18.3 Å². The predicted octanol–water partition coefficient (Wildman–Crippen LogP) is 3.08. The average molecular weight is 460 g/mol. The van der Waals surface area contributed by atoms with Crippen molar-refractivity contribution in [3.63, 3.8) is 0 Å². The van der Waals surface area contributed by atoms with Gasteiger partial charge < -0.3 is 19.4 Å². The van der Waals surface area contributed by atoms with Gasteiger partial charge in [0.2, 0.25) is 11.7 Å². The van der Waals surface area contributed by atoms with Gasteiger partial charge in [0.25, 0.3) is 5.91 Å². The zero-order valence-corrected chi connectivity index (χ0v) is 17.6. The Labute approximate surface area is 184 Å². The number of nitrogens with zero attached hydrogens (tertiary/aromatic N) is 5. The molecular formula is C21H19F3N6O3. The molecule has 1 aliphatic heterocycles. The van der Waals surface area contributed by atoms with Crippen LogP contribution in [0.2, 0.25) is 0 Å². The van der Waals surface area contributed by atoms with Crippen LogP contribution in [0.1, 0.15) is 59.1 Å². The molecule has 0 radical (unpaired) electrons. The Kier molecular flexibility index (Phi) is 4.60. The topological polar surface area (TPSA) is 113 Å². The van der Waals surface area contributed by atoms with Crippen molar-refractivity contribution in [2.24, 2.45) is 0 Å². The van der Waals surface area contributed by atoms with Crippen LogP contribution < -0.4 is 0 Å². The summed E-state index contributed by atoms with van der Waals surface area (Å²) in [6.45, 7) is 2.55. The fraction of sp³-hybridized carbons (Fsp3) is 0.333. The van der Waals surface area contributed by atoms with Crippen LogP contribution >= 0.6 is 0 Å². The fourth-order valence-corrected chi connectivity index (χ4v) is 3.94. The van der Waals surface area contributed by atoms with Crippen LogP contribution in [0.5, 0.6) is 0 Å². The van der Waals surface area contributed by atoms with Crippen molar-refractivity contribution in [1.82, 2.24) is 29.5 Å².